The van der Waals surface area contributed by atoms with E-state index in [4.69, 9.17) is 9.47 Å². The summed E-state index contributed by atoms with van der Waals surface area (Å²) in [5.41, 5.74) is 0.762. The Morgan fingerprint density at radius 2 is 1.79 bits per heavy atom. The first kappa shape index (κ1) is 21.9. The van der Waals surface area contributed by atoms with E-state index in [1.54, 1.807) is 0 Å². The number of benzene rings is 1. The van der Waals surface area contributed by atoms with Crippen molar-refractivity contribution < 1.29 is 33.4 Å². The van der Waals surface area contributed by atoms with Crippen LogP contribution in [0.25, 0.3) is 0 Å². The van der Waals surface area contributed by atoms with Crippen LogP contribution in [-0.2, 0) is 23.9 Å². The zero-order valence-corrected chi connectivity index (χ0v) is 16.3. The molecule has 1 aromatic carbocycles. The van der Waals surface area contributed by atoms with Crippen LogP contribution < -0.4 is 5.32 Å². The van der Waals surface area contributed by atoms with Crippen LogP contribution in [0.5, 0.6) is 0 Å². The van der Waals surface area contributed by atoms with Gasteiger partial charge >= 0.3 is 18.0 Å². The molecule has 0 bridgehead atoms. The molecule has 0 saturated carbocycles. The molecule has 0 unspecified atom stereocenters. The monoisotopic (exact) mass is 405 g/mol. The second kappa shape index (κ2) is 10.2. The summed E-state index contributed by atoms with van der Waals surface area (Å²) in [4.78, 5) is 60.7. The number of nitrogens with zero attached hydrogens (tertiary/aromatic N) is 2. The van der Waals surface area contributed by atoms with Gasteiger partial charge in [-0.15, -0.1) is 0 Å². The summed E-state index contributed by atoms with van der Waals surface area (Å²) in [5.74, 6) is -2.43. The predicted octanol–water partition coefficient (Wildman–Crippen LogP) is 1.02. The zero-order valence-electron chi connectivity index (χ0n) is 16.3. The molecule has 4 amide bonds. The Bertz CT molecular complexity index is 791. The third kappa shape index (κ3) is 6.30. The lowest BCUT2D eigenvalue weighted by Crippen LogP contribution is -2.37. The number of nitrogens with one attached hydrogen (secondary N) is 1. The molecule has 2 rings (SSSR count). The molecule has 0 atom stereocenters. The minimum absolute atomic E-state index is 0.102. The van der Waals surface area contributed by atoms with E-state index < -0.39 is 42.9 Å². The first-order valence-corrected chi connectivity index (χ1v) is 9.10. The number of carbonyl (C=O) groups is 5. The predicted molar refractivity (Wildman–Crippen MR) is 101 cm³/mol. The smallest absolute Gasteiger partial charge is 0.338 e. The Labute approximate surface area is 167 Å². The maximum Gasteiger partial charge on any atom is 0.338 e. The number of likely N-dealkylation sites (N-methyl/N-ethyl adjacent to an activating group) is 1. The van der Waals surface area contributed by atoms with E-state index in [1.807, 2.05) is 6.92 Å². The summed E-state index contributed by atoms with van der Waals surface area (Å²) in [6.45, 7) is 1.11. The van der Waals surface area contributed by atoms with Crippen LogP contribution in [0.4, 0.5) is 10.5 Å². The van der Waals surface area contributed by atoms with Gasteiger partial charge in [0, 0.05) is 12.7 Å². The first-order valence-electron chi connectivity index (χ1n) is 9.10. The van der Waals surface area contributed by atoms with Crippen LogP contribution in [0, 0.1) is 0 Å². The topological polar surface area (TPSA) is 122 Å². The summed E-state index contributed by atoms with van der Waals surface area (Å²) >= 11 is 0. The van der Waals surface area contributed by atoms with Crippen LogP contribution in [0.15, 0.2) is 24.3 Å². The maximum atomic E-state index is 11.9. The van der Waals surface area contributed by atoms with Crippen LogP contribution in [-0.4, -0.2) is 72.9 Å². The molecule has 10 heteroatoms. The second-order valence-electron chi connectivity index (χ2n) is 6.39. The fourth-order valence-electron chi connectivity index (χ4n) is 2.42. The summed E-state index contributed by atoms with van der Waals surface area (Å²) in [5, 5.41) is 2.51. The number of esters is 2. The van der Waals surface area contributed by atoms with Gasteiger partial charge in [-0.1, -0.05) is 13.3 Å². The fraction of sp³-hybridized carbons (Fsp3) is 0.421. The summed E-state index contributed by atoms with van der Waals surface area (Å²) in [6, 6.07) is 5.47. The van der Waals surface area contributed by atoms with Crippen molar-refractivity contribution in [2.24, 2.45) is 0 Å². The van der Waals surface area contributed by atoms with Crippen molar-refractivity contribution >= 4 is 35.5 Å². The van der Waals surface area contributed by atoms with Crippen molar-refractivity contribution in [1.82, 2.24) is 9.80 Å². The third-order valence-corrected chi connectivity index (χ3v) is 4.02. The van der Waals surface area contributed by atoms with Crippen molar-refractivity contribution in [2.45, 2.75) is 19.8 Å². The molecule has 0 aromatic heterocycles. The molecule has 0 radical (unpaired) electrons. The van der Waals surface area contributed by atoms with Gasteiger partial charge in [-0.3, -0.25) is 19.3 Å². The fourth-order valence-corrected chi connectivity index (χ4v) is 2.42. The van der Waals surface area contributed by atoms with Gasteiger partial charge in [0.25, 0.3) is 11.8 Å². The van der Waals surface area contributed by atoms with Crippen molar-refractivity contribution in [1.29, 1.82) is 0 Å². The van der Waals surface area contributed by atoms with E-state index in [0.717, 1.165) is 17.7 Å². The van der Waals surface area contributed by atoms with Crippen molar-refractivity contribution in [3.05, 3.63) is 29.8 Å². The average Bonchev–Trinajstić information content (AvgIpc) is 2.93. The number of imide groups is 1. The standard InChI is InChI=1S/C19H23N3O7/c1-3-4-9-28-18(26)13-5-7-14(8-6-13)20-15(23)12-29-17(25)11-22-16(24)10-21(2)19(22)27/h5-8H,3-4,9-12H2,1-2H3,(H,20,23). The zero-order chi connectivity index (χ0) is 21.4. The van der Waals surface area contributed by atoms with Gasteiger partial charge in [0.05, 0.1) is 12.2 Å². The van der Waals surface area contributed by atoms with Gasteiger partial charge in [-0.2, -0.15) is 0 Å². The van der Waals surface area contributed by atoms with Crippen molar-refractivity contribution in [3.63, 3.8) is 0 Å². The third-order valence-electron chi connectivity index (χ3n) is 4.02. The number of carbonyl (C=O) groups excluding carboxylic acids is 5. The van der Waals surface area contributed by atoms with E-state index >= 15 is 0 Å². The Morgan fingerprint density at radius 1 is 1.10 bits per heavy atom. The lowest BCUT2D eigenvalue weighted by Gasteiger charge is -2.13. The van der Waals surface area contributed by atoms with Crippen LogP contribution in [0.3, 0.4) is 0 Å². The van der Waals surface area contributed by atoms with E-state index in [9.17, 15) is 24.0 Å². The number of hydrogen-bond acceptors (Lipinski definition) is 7. The Kier molecular flexibility index (Phi) is 7.70. The van der Waals surface area contributed by atoms with Crippen LogP contribution in [0.2, 0.25) is 0 Å². The van der Waals surface area contributed by atoms with Gasteiger partial charge in [0.15, 0.2) is 6.61 Å². The lowest BCUT2D eigenvalue weighted by atomic mass is 10.2. The largest absolute Gasteiger partial charge is 0.462 e. The van der Waals surface area contributed by atoms with Gasteiger partial charge in [-0.25, -0.2) is 9.59 Å². The van der Waals surface area contributed by atoms with Gasteiger partial charge < -0.3 is 19.7 Å². The SMILES string of the molecule is CCCCOC(=O)c1ccc(NC(=O)COC(=O)CN2C(=O)CN(C)C2=O)cc1. The number of anilines is 1. The highest BCUT2D eigenvalue weighted by atomic mass is 16.5. The number of hydrogen-bond donors (Lipinski definition) is 1. The van der Waals surface area contributed by atoms with E-state index in [2.05, 4.69) is 5.32 Å². The molecular formula is C19H23N3O7. The molecule has 0 spiro atoms. The van der Waals surface area contributed by atoms with Crippen LogP contribution in [0.1, 0.15) is 30.1 Å². The van der Waals surface area contributed by atoms with Gasteiger partial charge in [0.2, 0.25) is 0 Å². The molecule has 1 aliphatic rings. The Morgan fingerprint density at radius 3 is 2.38 bits per heavy atom. The molecule has 156 valence electrons. The van der Waals surface area contributed by atoms with Gasteiger partial charge in [0.1, 0.15) is 13.1 Å². The second-order valence-corrected chi connectivity index (χ2v) is 6.39. The Balaban J connectivity index is 1.76. The molecule has 1 N–H and O–H groups in total. The first-order chi connectivity index (χ1) is 13.8. The van der Waals surface area contributed by atoms with Crippen LogP contribution >= 0.6 is 0 Å². The number of ether oxygens (including phenoxy) is 2. The number of rotatable bonds is 9. The minimum Gasteiger partial charge on any atom is -0.462 e. The molecule has 1 aliphatic heterocycles. The molecule has 0 aliphatic carbocycles. The molecule has 10 nitrogen and oxygen atoms in total. The summed E-state index contributed by atoms with van der Waals surface area (Å²) < 4.78 is 9.89. The molecule has 29 heavy (non-hydrogen) atoms. The number of unbranched alkanes of at least 4 members (excludes halogenated alkanes) is 1. The number of amides is 4. The summed E-state index contributed by atoms with van der Waals surface area (Å²) in [6.07, 6.45) is 1.71. The minimum atomic E-state index is -0.873. The average molecular weight is 405 g/mol. The number of urea groups is 1. The quantitative estimate of drug-likeness (QED) is 0.370. The highest BCUT2D eigenvalue weighted by Gasteiger charge is 2.35. The molecule has 1 saturated heterocycles. The van der Waals surface area contributed by atoms with Crippen molar-refractivity contribution in [2.75, 3.05) is 38.7 Å². The molecule has 1 fully saturated rings. The normalized spacial score (nSPS) is 13.4. The van der Waals surface area contributed by atoms with E-state index in [1.165, 1.54) is 36.2 Å². The van der Waals surface area contributed by atoms with E-state index in [0.29, 0.717) is 17.9 Å². The Hall–Kier alpha value is -3.43. The highest BCUT2D eigenvalue weighted by molar-refractivity contribution is 6.04. The summed E-state index contributed by atoms with van der Waals surface area (Å²) in [7, 11) is 1.44. The molecule has 1 heterocycles. The van der Waals surface area contributed by atoms with E-state index in [-0.39, 0.29) is 6.54 Å². The van der Waals surface area contributed by atoms with Gasteiger partial charge in [-0.05, 0) is 30.7 Å². The molecule has 1 aromatic rings. The van der Waals surface area contributed by atoms with Crippen molar-refractivity contribution in [3.8, 4) is 0 Å². The maximum absolute atomic E-state index is 11.9. The highest BCUT2D eigenvalue weighted by Crippen LogP contribution is 2.11. The molecular weight excluding hydrogens is 382 g/mol. The lowest BCUT2D eigenvalue weighted by molar-refractivity contribution is -0.149.